The Morgan fingerprint density at radius 1 is 1.05 bits per heavy atom. The largest absolute Gasteiger partial charge is 0.254 e. The van der Waals surface area contributed by atoms with Crippen molar-refractivity contribution < 1.29 is 0 Å². The summed E-state index contributed by atoms with van der Waals surface area (Å²) in [4.78, 5) is 4.57. The van der Waals surface area contributed by atoms with Gasteiger partial charge in [-0.25, -0.2) is 0 Å². The van der Waals surface area contributed by atoms with Crippen LogP contribution in [0.25, 0.3) is 5.57 Å². The van der Waals surface area contributed by atoms with E-state index in [4.69, 9.17) is 0 Å². The molecular weight excluding hydrogens is 266 g/mol. The lowest BCUT2D eigenvalue weighted by Crippen LogP contribution is -2.02. The van der Waals surface area contributed by atoms with E-state index in [0.717, 1.165) is 11.4 Å². The Hall–Kier alpha value is -2.15. The van der Waals surface area contributed by atoms with Crippen LogP contribution in [0.2, 0.25) is 0 Å². The molecular formula is C21H27N. The van der Waals surface area contributed by atoms with Crippen LogP contribution in [0.15, 0.2) is 70.9 Å². The van der Waals surface area contributed by atoms with Crippen molar-refractivity contribution >= 4 is 11.3 Å². The van der Waals surface area contributed by atoms with Crippen LogP contribution in [-0.2, 0) is 0 Å². The summed E-state index contributed by atoms with van der Waals surface area (Å²) in [6.07, 6.45) is 6.23. The highest BCUT2D eigenvalue weighted by atomic mass is 14.7. The zero-order valence-electron chi connectivity index (χ0n) is 14.7. The minimum absolute atomic E-state index is 0.818. The normalized spacial score (nSPS) is 14.3. The Kier molecular flexibility index (Phi) is 6.78. The molecule has 0 aromatic heterocycles. The van der Waals surface area contributed by atoms with E-state index in [-0.39, 0.29) is 0 Å². The Morgan fingerprint density at radius 2 is 1.68 bits per heavy atom. The van der Waals surface area contributed by atoms with Crippen molar-refractivity contribution in [3.8, 4) is 0 Å². The molecule has 0 unspecified atom stereocenters. The summed E-state index contributed by atoms with van der Waals surface area (Å²) in [5, 5.41) is 0. The number of allylic oxidation sites excluding steroid dienone is 7. The SMILES string of the molecule is C=C(C)/N=C(/C=C\C)C(\C)=C(C)\C(=C\C)c1ccccc1C. The third-order valence-corrected chi connectivity index (χ3v) is 3.71. The number of benzene rings is 1. The van der Waals surface area contributed by atoms with Crippen LogP contribution in [0.4, 0.5) is 0 Å². The summed E-state index contributed by atoms with van der Waals surface area (Å²) in [6, 6.07) is 8.48. The lowest BCUT2D eigenvalue weighted by Gasteiger charge is -2.15. The molecule has 1 heteroatoms. The predicted octanol–water partition coefficient (Wildman–Crippen LogP) is 6.29. The first-order chi connectivity index (χ1) is 10.4. The van der Waals surface area contributed by atoms with E-state index < -0.39 is 0 Å². The molecule has 1 aromatic carbocycles. The van der Waals surface area contributed by atoms with Crippen molar-refractivity contribution in [2.75, 3.05) is 0 Å². The number of aryl methyl sites for hydroxylation is 1. The van der Waals surface area contributed by atoms with Crippen LogP contribution in [0.3, 0.4) is 0 Å². The van der Waals surface area contributed by atoms with E-state index in [1.165, 1.54) is 27.8 Å². The summed E-state index contributed by atoms with van der Waals surface area (Å²) in [5.74, 6) is 0. The van der Waals surface area contributed by atoms with Gasteiger partial charge < -0.3 is 0 Å². The molecule has 1 rings (SSSR count). The molecule has 0 spiro atoms. The third kappa shape index (κ3) is 4.42. The second kappa shape index (κ2) is 8.33. The van der Waals surface area contributed by atoms with Crippen LogP contribution in [0.1, 0.15) is 45.7 Å². The van der Waals surface area contributed by atoms with Crippen molar-refractivity contribution in [2.24, 2.45) is 4.99 Å². The molecule has 0 amide bonds. The van der Waals surface area contributed by atoms with Gasteiger partial charge in [0.2, 0.25) is 0 Å². The minimum atomic E-state index is 0.818. The summed E-state index contributed by atoms with van der Waals surface area (Å²) >= 11 is 0. The van der Waals surface area contributed by atoms with Crippen LogP contribution in [0.5, 0.6) is 0 Å². The molecule has 0 aliphatic heterocycles. The van der Waals surface area contributed by atoms with Gasteiger partial charge in [-0.2, -0.15) is 0 Å². The molecule has 0 aliphatic carbocycles. The molecule has 0 fully saturated rings. The summed E-state index contributed by atoms with van der Waals surface area (Å²) < 4.78 is 0. The minimum Gasteiger partial charge on any atom is -0.254 e. The summed E-state index contributed by atoms with van der Waals surface area (Å²) in [5.41, 5.74) is 8.03. The van der Waals surface area contributed by atoms with Crippen molar-refractivity contribution in [1.82, 2.24) is 0 Å². The molecule has 116 valence electrons. The average molecular weight is 293 g/mol. The van der Waals surface area contributed by atoms with E-state index >= 15 is 0 Å². The van der Waals surface area contributed by atoms with Gasteiger partial charge in [-0.1, -0.05) is 43.0 Å². The Bertz CT molecular complexity index is 667. The summed E-state index contributed by atoms with van der Waals surface area (Å²) in [7, 11) is 0. The zero-order valence-corrected chi connectivity index (χ0v) is 14.7. The van der Waals surface area contributed by atoms with Gasteiger partial charge in [0.25, 0.3) is 0 Å². The monoisotopic (exact) mass is 293 g/mol. The lowest BCUT2D eigenvalue weighted by atomic mass is 9.91. The van der Waals surface area contributed by atoms with E-state index in [1.54, 1.807) is 0 Å². The van der Waals surface area contributed by atoms with Gasteiger partial charge in [0, 0.05) is 5.70 Å². The number of hydrogen-bond donors (Lipinski definition) is 0. The van der Waals surface area contributed by atoms with Crippen molar-refractivity contribution in [3.63, 3.8) is 0 Å². The maximum Gasteiger partial charge on any atom is 0.0661 e. The molecule has 0 aliphatic rings. The van der Waals surface area contributed by atoms with Crippen molar-refractivity contribution in [3.05, 3.63) is 77.0 Å². The average Bonchev–Trinajstić information content (AvgIpc) is 2.48. The molecule has 0 atom stereocenters. The maximum absolute atomic E-state index is 4.57. The highest BCUT2D eigenvalue weighted by molar-refractivity contribution is 6.10. The molecule has 0 saturated heterocycles. The first kappa shape index (κ1) is 17.9. The van der Waals surface area contributed by atoms with Gasteiger partial charge in [0.15, 0.2) is 0 Å². The third-order valence-electron chi connectivity index (χ3n) is 3.71. The maximum atomic E-state index is 4.57. The van der Waals surface area contributed by atoms with E-state index in [9.17, 15) is 0 Å². The molecule has 0 N–H and O–H groups in total. The standard InChI is InChI=1S/C21H27N/c1-8-12-21(22-15(3)4)18(7)17(6)19(9-2)20-14-11-10-13-16(20)5/h8-14H,3H2,1-2,4-7H3/b12-8-,18-17+,19-9-,22-21-. The number of nitrogens with zero attached hydrogens (tertiary/aromatic N) is 1. The molecule has 0 bridgehead atoms. The summed E-state index contributed by atoms with van der Waals surface area (Å²) in [6.45, 7) is 16.3. The highest BCUT2D eigenvalue weighted by Gasteiger charge is 2.10. The molecule has 1 nitrogen and oxygen atoms in total. The molecule has 0 heterocycles. The van der Waals surface area contributed by atoms with Crippen LogP contribution < -0.4 is 0 Å². The second-order valence-electron chi connectivity index (χ2n) is 5.50. The fourth-order valence-electron chi connectivity index (χ4n) is 2.45. The first-order valence-corrected chi connectivity index (χ1v) is 7.69. The van der Waals surface area contributed by atoms with Crippen molar-refractivity contribution in [2.45, 2.75) is 41.5 Å². The van der Waals surface area contributed by atoms with Gasteiger partial charge in [0.1, 0.15) is 0 Å². The molecule has 0 radical (unpaired) electrons. The topological polar surface area (TPSA) is 12.4 Å². The van der Waals surface area contributed by atoms with E-state index in [1.807, 2.05) is 26.0 Å². The van der Waals surface area contributed by atoms with E-state index in [2.05, 4.69) is 69.6 Å². The first-order valence-electron chi connectivity index (χ1n) is 7.69. The Balaban J connectivity index is 3.44. The fraction of sp³-hybridized carbons (Fsp3) is 0.286. The lowest BCUT2D eigenvalue weighted by molar-refractivity contribution is 1.30. The predicted molar refractivity (Wildman–Crippen MR) is 100 cm³/mol. The fourth-order valence-corrected chi connectivity index (χ4v) is 2.45. The van der Waals surface area contributed by atoms with Gasteiger partial charge in [-0.05, 0) is 75.5 Å². The van der Waals surface area contributed by atoms with E-state index in [0.29, 0.717) is 0 Å². The van der Waals surface area contributed by atoms with Gasteiger partial charge >= 0.3 is 0 Å². The molecule has 0 saturated carbocycles. The van der Waals surface area contributed by atoms with Crippen LogP contribution >= 0.6 is 0 Å². The quantitative estimate of drug-likeness (QED) is 0.447. The van der Waals surface area contributed by atoms with Gasteiger partial charge in [-0.3, -0.25) is 4.99 Å². The Labute approximate surface area is 135 Å². The number of aliphatic imine (C=N–C) groups is 1. The smallest absolute Gasteiger partial charge is 0.0661 e. The van der Waals surface area contributed by atoms with Crippen molar-refractivity contribution in [1.29, 1.82) is 0 Å². The van der Waals surface area contributed by atoms with Gasteiger partial charge in [-0.15, -0.1) is 0 Å². The molecule has 1 aromatic rings. The number of hydrogen-bond acceptors (Lipinski definition) is 1. The highest BCUT2D eigenvalue weighted by Crippen LogP contribution is 2.28. The second-order valence-corrected chi connectivity index (χ2v) is 5.50. The van der Waals surface area contributed by atoms with Crippen LogP contribution in [0, 0.1) is 6.92 Å². The van der Waals surface area contributed by atoms with Gasteiger partial charge in [0.05, 0.1) is 5.71 Å². The number of rotatable bonds is 5. The zero-order chi connectivity index (χ0) is 16.7. The molecule has 22 heavy (non-hydrogen) atoms. The Morgan fingerprint density at radius 3 is 2.18 bits per heavy atom. The van der Waals surface area contributed by atoms with Crippen LogP contribution in [-0.4, -0.2) is 5.71 Å².